The van der Waals surface area contributed by atoms with Crippen molar-refractivity contribution in [2.24, 2.45) is 0 Å². The monoisotopic (exact) mass is 316 g/mol. The first-order valence-electron chi connectivity index (χ1n) is 6.39. The van der Waals surface area contributed by atoms with E-state index in [9.17, 15) is 9.59 Å². The molecule has 0 aromatic carbocycles. The number of carboxylic acid groups (broad SMARTS) is 1. The van der Waals surface area contributed by atoms with Gasteiger partial charge in [0.05, 0.1) is 6.54 Å². The zero-order valence-corrected chi connectivity index (χ0v) is 13.3. The highest BCUT2D eigenvalue weighted by Crippen LogP contribution is 2.16. The Morgan fingerprint density at radius 2 is 2.25 bits per heavy atom. The number of amides is 2. The second kappa shape index (κ2) is 8.86. The summed E-state index contributed by atoms with van der Waals surface area (Å²) in [4.78, 5) is 23.9. The number of aryl methyl sites for hydroxylation is 1. The van der Waals surface area contributed by atoms with Gasteiger partial charge in [-0.15, -0.1) is 11.3 Å². The van der Waals surface area contributed by atoms with Crippen molar-refractivity contribution in [1.82, 2.24) is 10.6 Å². The van der Waals surface area contributed by atoms with Crippen molar-refractivity contribution >= 4 is 35.1 Å². The van der Waals surface area contributed by atoms with E-state index in [2.05, 4.69) is 17.6 Å². The Hall–Kier alpha value is -1.21. The highest BCUT2D eigenvalue weighted by Gasteiger charge is 2.19. The van der Waals surface area contributed by atoms with E-state index in [0.29, 0.717) is 18.7 Å². The van der Waals surface area contributed by atoms with Crippen LogP contribution in [0.3, 0.4) is 0 Å². The van der Waals surface area contributed by atoms with Gasteiger partial charge < -0.3 is 15.7 Å². The van der Waals surface area contributed by atoms with Crippen LogP contribution in [0.4, 0.5) is 4.79 Å². The highest BCUT2D eigenvalue weighted by atomic mass is 32.2. The molecular formula is C13H20N2O3S2. The fraction of sp³-hybridized carbons (Fsp3) is 0.538. The maximum absolute atomic E-state index is 11.7. The predicted octanol–water partition coefficient (Wildman–Crippen LogP) is 2.32. The van der Waals surface area contributed by atoms with Crippen LogP contribution < -0.4 is 10.6 Å². The molecule has 0 aliphatic heterocycles. The molecule has 1 unspecified atom stereocenters. The van der Waals surface area contributed by atoms with Crippen LogP contribution in [-0.4, -0.2) is 35.2 Å². The van der Waals surface area contributed by atoms with Gasteiger partial charge in [-0.1, -0.05) is 6.92 Å². The van der Waals surface area contributed by atoms with Crippen LogP contribution in [0, 0.1) is 0 Å². The number of hydrogen-bond acceptors (Lipinski definition) is 4. The second-order valence-corrected chi connectivity index (χ2v) is 6.21. The topological polar surface area (TPSA) is 78.4 Å². The Balaban J connectivity index is 2.43. The van der Waals surface area contributed by atoms with Gasteiger partial charge in [-0.25, -0.2) is 9.59 Å². The van der Waals surface area contributed by atoms with E-state index in [0.717, 1.165) is 11.3 Å². The number of thioether (sulfide) groups is 1. The molecule has 0 fully saturated rings. The molecule has 0 radical (unpaired) electrons. The van der Waals surface area contributed by atoms with Crippen molar-refractivity contribution in [1.29, 1.82) is 0 Å². The van der Waals surface area contributed by atoms with Crippen molar-refractivity contribution in [3.63, 3.8) is 0 Å². The van der Waals surface area contributed by atoms with Crippen LogP contribution in [0.1, 0.15) is 23.8 Å². The van der Waals surface area contributed by atoms with Crippen LogP contribution >= 0.6 is 23.1 Å². The minimum atomic E-state index is -1.00. The summed E-state index contributed by atoms with van der Waals surface area (Å²) in [6.07, 6.45) is 3.25. The first-order valence-corrected chi connectivity index (χ1v) is 8.67. The minimum absolute atomic E-state index is 0.420. The van der Waals surface area contributed by atoms with Gasteiger partial charge in [0.15, 0.2) is 0 Å². The molecule has 112 valence electrons. The molecule has 0 bridgehead atoms. The third kappa shape index (κ3) is 5.42. The van der Waals surface area contributed by atoms with E-state index in [1.807, 2.05) is 17.7 Å². The van der Waals surface area contributed by atoms with Gasteiger partial charge in [0.25, 0.3) is 0 Å². The van der Waals surface area contributed by atoms with Crippen molar-refractivity contribution in [3.05, 3.63) is 21.9 Å². The van der Waals surface area contributed by atoms with E-state index in [4.69, 9.17) is 5.11 Å². The number of hydrogen-bond donors (Lipinski definition) is 3. The molecule has 0 aliphatic carbocycles. The molecule has 0 saturated carbocycles. The quantitative estimate of drug-likeness (QED) is 0.688. The summed E-state index contributed by atoms with van der Waals surface area (Å²) >= 11 is 3.15. The summed E-state index contributed by atoms with van der Waals surface area (Å²) in [6.45, 7) is 2.50. The average molecular weight is 316 g/mol. The van der Waals surface area contributed by atoms with Gasteiger partial charge in [0.2, 0.25) is 0 Å². The van der Waals surface area contributed by atoms with E-state index >= 15 is 0 Å². The number of aliphatic carboxylic acids is 1. The van der Waals surface area contributed by atoms with E-state index in [1.54, 1.807) is 23.1 Å². The average Bonchev–Trinajstić information content (AvgIpc) is 2.88. The van der Waals surface area contributed by atoms with Gasteiger partial charge in [0.1, 0.15) is 6.04 Å². The number of urea groups is 1. The zero-order valence-electron chi connectivity index (χ0n) is 11.6. The maximum atomic E-state index is 11.7. The summed E-state index contributed by atoms with van der Waals surface area (Å²) in [6, 6.07) is 0.767. The number of carboxylic acids is 1. The van der Waals surface area contributed by atoms with Crippen molar-refractivity contribution < 1.29 is 14.7 Å². The fourth-order valence-corrected chi connectivity index (χ4v) is 3.09. The molecule has 20 heavy (non-hydrogen) atoms. The molecule has 0 spiro atoms. The Bertz CT molecular complexity index is 449. The molecule has 1 rings (SSSR count). The normalized spacial score (nSPS) is 11.9. The Kier molecular flexibility index (Phi) is 7.46. The van der Waals surface area contributed by atoms with Crippen molar-refractivity contribution in [2.75, 3.05) is 12.0 Å². The van der Waals surface area contributed by atoms with Gasteiger partial charge in [0, 0.05) is 4.88 Å². The number of carbonyl (C=O) groups excluding carboxylic acids is 1. The lowest BCUT2D eigenvalue weighted by atomic mass is 10.2. The van der Waals surface area contributed by atoms with Gasteiger partial charge >= 0.3 is 12.0 Å². The Morgan fingerprint density at radius 3 is 2.85 bits per heavy atom. The smallest absolute Gasteiger partial charge is 0.326 e. The van der Waals surface area contributed by atoms with Gasteiger partial charge in [-0.05, 0) is 41.9 Å². The third-order valence-corrected chi connectivity index (χ3v) is 4.45. The van der Waals surface area contributed by atoms with Crippen molar-refractivity contribution in [3.8, 4) is 0 Å². The molecule has 1 aromatic heterocycles. The lowest BCUT2D eigenvalue weighted by molar-refractivity contribution is -0.139. The molecule has 3 N–H and O–H groups in total. The number of nitrogens with one attached hydrogen (secondary N) is 2. The molecule has 1 aromatic rings. The first kappa shape index (κ1) is 16.8. The second-order valence-electron chi connectivity index (χ2n) is 4.22. The lowest BCUT2D eigenvalue weighted by Crippen LogP contribution is -2.46. The summed E-state index contributed by atoms with van der Waals surface area (Å²) in [7, 11) is 0. The van der Waals surface area contributed by atoms with Crippen molar-refractivity contribution in [2.45, 2.75) is 32.4 Å². The molecule has 1 heterocycles. The molecule has 2 amide bonds. The Morgan fingerprint density at radius 1 is 1.50 bits per heavy atom. The summed E-state index contributed by atoms with van der Waals surface area (Å²) < 4.78 is 0. The molecule has 1 atom stereocenters. The fourth-order valence-electron chi connectivity index (χ4n) is 1.70. The first-order chi connectivity index (χ1) is 9.58. The number of thiophene rings is 1. The predicted molar refractivity (Wildman–Crippen MR) is 83.5 cm³/mol. The van der Waals surface area contributed by atoms with Gasteiger partial charge in [-0.3, -0.25) is 0 Å². The molecule has 7 heteroatoms. The minimum Gasteiger partial charge on any atom is -0.480 e. The lowest BCUT2D eigenvalue weighted by Gasteiger charge is -2.14. The Labute approximate surface area is 127 Å². The molecule has 0 saturated heterocycles. The largest absolute Gasteiger partial charge is 0.480 e. The maximum Gasteiger partial charge on any atom is 0.326 e. The summed E-state index contributed by atoms with van der Waals surface area (Å²) in [5.74, 6) is -0.304. The van der Waals surface area contributed by atoms with Crippen LogP contribution in [0.5, 0.6) is 0 Å². The summed E-state index contributed by atoms with van der Waals surface area (Å²) in [5.41, 5.74) is 1.22. The number of carbonyl (C=O) groups is 2. The van der Waals surface area contributed by atoms with E-state index in [1.165, 1.54) is 5.56 Å². The van der Waals surface area contributed by atoms with Crippen LogP contribution in [-0.2, 0) is 17.8 Å². The molecular weight excluding hydrogens is 296 g/mol. The highest BCUT2D eigenvalue weighted by molar-refractivity contribution is 7.98. The summed E-state index contributed by atoms with van der Waals surface area (Å²) in [5, 5.41) is 16.2. The standard InChI is InChI=1S/C13H20N2O3S2/c1-3-9-4-7-20-11(9)8-14-13(18)15-10(12(16)17)5-6-19-2/h4,7,10H,3,5-6,8H2,1-2H3,(H,16,17)(H2,14,15,18). The van der Waals surface area contributed by atoms with Gasteiger partial charge in [-0.2, -0.15) is 11.8 Å². The van der Waals surface area contributed by atoms with E-state index < -0.39 is 18.0 Å². The number of rotatable bonds is 8. The zero-order chi connectivity index (χ0) is 15.0. The SMILES string of the molecule is CCc1ccsc1CNC(=O)NC(CCSC)C(=O)O. The molecule has 0 aliphatic rings. The van der Waals surface area contributed by atoms with Crippen LogP contribution in [0.15, 0.2) is 11.4 Å². The van der Waals surface area contributed by atoms with E-state index in [-0.39, 0.29) is 0 Å². The van der Waals surface area contributed by atoms with Crippen LogP contribution in [0.2, 0.25) is 0 Å². The molecule has 5 nitrogen and oxygen atoms in total. The third-order valence-electron chi connectivity index (χ3n) is 2.84. The van der Waals surface area contributed by atoms with Crippen LogP contribution in [0.25, 0.3) is 0 Å².